The van der Waals surface area contributed by atoms with Gasteiger partial charge in [0.15, 0.2) is 5.78 Å². The lowest BCUT2D eigenvalue weighted by molar-refractivity contribution is -0.159. The van der Waals surface area contributed by atoms with Crippen molar-refractivity contribution < 1.29 is 14.3 Å². The number of ether oxygens (including phenoxy) is 1. The minimum absolute atomic E-state index is 0.00637. The van der Waals surface area contributed by atoms with Crippen molar-refractivity contribution >= 4 is 11.8 Å². The summed E-state index contributed by atoms with van der Waals surface area (Å²) in [5, 5.41) is 0. The minimum Gasteiger partial charge on any atom is -0.462 e. The highest BCUT2D eigenvalue weighted by atomic mass is 16.5. The number of rotatable bonds is 3. The fourth-order valence-electron chi connectivity index (χ4n) is 7.13. The summed E-state index contributed by atoms with van der Waals surface area (Å²) in [6, 6.07) is 0. The van der Waals surface area contributed by atoms with E-state index in [4.69, 9.17) is 4.74 Å². The average Bonchev–Trinajstić information content (AvgIpc) is 2.92. The first-order valence-corrected chi connectivity index (χ1v) is 10.8. The van der Waals surface area contributed by atoms with Gasteiger partial charge in [-0.15, -0.1) is 0 Å². The van der Waals surface area contributed by atoms with Crippen molar-refractivity contribution in [1.82, 2.24) is 0 Å². The SMILES string of the molecule is CCCC(=O)O[C@H]1CCC2C3CCC4=CC(=O)CC[C@]4(C)C3CC[C@@]21C. The molecule has 3 nitrogen and oxygen atoms in total. The molecule has 3 heteroatoms. The Morgan fingerprint density at radius 2 is 1.92 bits per heavy atom. The van der Waals surface area contributed by atoms with Crippen molar-refractivity contribution in [2.45, 2.75) is 91.1 Å². The monoisotopic (exact) mass is 358 g/mol. The van der Waals surface area contributed by atoms with Crippen LogP contribution in [0.2, 0.25) is 0 Å². The first-order chi connectivity index (χ1) is 12.4. The first kappa shape index (κ1) is 18.3. The molecule has 4 aliphatic carbocycles. The molecule has 4 aliphatic rings. The highest BCUT2D eigenvalue weighted by Gasteiger charge is 2.59. The molecule has 0 spiro atoms. The van der Waals surface area contributed by atoms with Crippen LogP contribution in [0.4, 0.5) is 0 Å². The molecule has 6 atom stereocenters. The largest absolute Gasteiger partial charge is 0.462 e. The Kier molecular flexibility index (Phi) is 4.56. The predicted molar refractivity (Wildman–Crippen MR) is 101 cm³/mol. The van der Waals surface area contributed by atoms with Gasteiger partial charge in [-0.3, -0.25) is 9.59 Å². The van der Waals surface area contributed by atoms with E-state index in [-0.39, 0.29) is 22.9 Å². The summed E-state index contributed by atoms with van der Waals surface area (Å²) in [7, 11) is 0. The summed E-state index contributed by atoms with van der Waals surface area (Å²) in [4.78, 5) is 24.0. The summed E-state index contributed by atoms with van der Waals surface area (Å²) in [6.07, 6.45) is 12.2. The molecule has 0 saturated heterocycles. The van der Waals surface area contributed by atoms with Crippen LogP contribution in [-0.2, 0) is 14.3 Å². The molecule has 3 fully saturated rings. The zero-order valence-electron chi connectivity index (χ0n) is 16.7. The van der Waals surface area contributed by atoms with E-state index in [1.54, 1.807) is 0 Å². The van der Waals surface area contributed by atoms with Crippen LogP contribution < -0.4 is 0 Å². The Balaban J connectivity index is 1.55. The second-order valence-electron chi connectivity index (χ2n) is 9.82. The fourth-order valence-corrected chi connectivity index (χ4v) is 7.13. The number of hydrogen-bond donors (Lipinski definition) is 0. The molecule has 0 bridgehead atoms. The van der Waals surface area contributed by atoms with Crippen LogP contribution in [0, 0.1) is 28.6 Å². The Morgan fingerprint density at radius 3 is 2.69 bits per heavy atom. The molecule has 0 amide bonds. The molecule has 3 unspecified atom stereocenters. The van der Waals surface area contributed by atoms with E-state index in [2.05, 4.69) is 13.8 Å². The zero-order valence-corrected chi connectivity index (χ0v) is 16.7. The quantitative estimate of drug-likeness (QED) is 0.649. The van der Waals surface area contributed by atoms with Gasteiger partial charge in [0.2, 0.25) is 0 Å². The molecule has 3 saturated carbocycles. The van der Waals surface area contributed by atoms with Crippen LogP contribution in [0.5, 0.6) is 0 Å². The number of carbonyl (C=O) groups excluding carboxylic acids is 2. The van der Waals surface area contributed by atoms with E-state index in [1.165, 1.54) is 31.3 Å². The number of ketones is 1. The summed E-state index contributed by atoms with van der Waals surface area (Å²) in [6.45, 7) is 6.86. The molecule has 0 radical (unpaired) electrons. The Morgan fingerprint density at radius 1 is 1.12 bits per heavy atom. The predicted octanol–water partition coefficient (Wildman–Crippen LogP) is 5.23. The van der Waals surface area contributed by atoms with Crippen molar-refractivity contribution in [3.05, 3.63) is 11.6 Å². The fraction of sp³-hybridized carbons (Fsp3) is 0.826. The number of fused-ring (bicyclic) bond motifs is 5. The van der Waals surface area contributed by atoms with E-state index in [0.717, 1.165) is 38.0 Å². The number of carbonyl (C=O) groups is 2. The minimum atomic E-state index is -0.00637. The van der Waals surface area contributed by atoms with Gasteiger partial charge in [0.25, 0.3) is 0 Å². The lowest BCUT2D eigenvalue weighted by atomic mass is 9.47. The van der Waals surface area contributed by atoms with Gasteiger partial charge in [-0.1, -0.05) is 26.3 Å². The van der Waals surface area contributed by atoms with Gasteiger partial charge >= 0.3 is 5.97 Å². The van der Waals surface area contributed by atoms with Crippen LogP contribution in [0.1, 0.15) is 85.0 Å². The molecule has 0 aromatic heterocycles. The van der Waals surface area contributed by atoms with Crippen molar-refractivity contribution in [1.29, 1.82) is 0 Å². The molecule has 0 aliphatic heterocycles. The van der Waals surface area contributed by atoms with Crippen LogP contribution in [0.15, 0.2) is 11.6 Å². The molecule has 0 N–H and O–H groups in total. The third-order valence-corrected chi connectivity index (χ3v) is 8.60. The van der Waals surface area contributed by atoms with Gasteiger partial charge in [-0.05, 0) is 80.6 Å². The molecule has 4 rings (SSSR count). The molecule has 144 valence electrons. The maximum Gasteiger partial charge on any atom is 0.306 e. The van der Waals surface area contributed by atoms with Crippen LogP contribution in [0.3, 0.4) is 0 Å². The van der Waals surface area contributed by atoms with E-state index in [9.17, 15) is 9.59 Å². The number of allylic oxidation sites excluding steroid dienone is 1. The van der Waals surface area contributed by atoms with Crippen molar-refractivity contribution in [3.8, 4) is 0 Å². The van der Waals surface area contributed by atoms with Crippen molar-refractivity contribution in [3.63, 3.8) is 0 Å². The molecular formula is C23H34O3. The normalized spacial score (nSPS) is 44.6. The van der Waals surface area contributed by atoms with Gasteiger partial charge in [-0.25, -0.2) is 0 Å². The standard InChI is InChI=1S/C23H34O3/c1-4-5-21(25)26-20-9-8-18-17-7-6-15-14-16(24)10-12-22(15,2)19(17)11-13-23(18,20)3/h14,17-20H,4-13H2,1-3H3/t17?,18?,19?,20-,22-,23-/m0/s1. The second-order valence-corrected chi connectivity index (χ2v) is 9.82. The highest BCUT2D eigenvalue weighted by Crippen LogP contribution is 2.65. The molecule has 0 aromatic rings. The number of esters is 1. The van der Waals surface area contributed by atoms with Crippen LogP contribution in [0.25, 0.3) is 0 Å². The molecule has 0 aromatic carbocycles. The van der Waals surface area contributed by atoms with Gasteiger partial charge in [0.05, 0.1) is 0 Å². The van der Waals surface area contributed by atoms with Crippen LogP contribution >= 0.6 is 0 Å². The second kappa shape index (κ2) is 6.49. The maximum atomic E-state index is 12.1. The zero-order chi connectivity index (χ0) is 18.5. The van der Waals surface area contributed by atoms with Crippen LogP contribution in [-0.4, -0.2) is 17.9 Å². The highest BCUT2D eigenvalue weighted by molar-refractivity contribution is 5.91. The summed E-state index contributed by atoms with van der Waals surface area (Å²) < 4.78 is 5.95. The Bertz CT molecular complexity index is 635. The van der Waals surface area contributed by atoms with Gasteiger partial charge in [-0.2, -0.15) is 0 Å². The molecular weight excluding hydrogens is 324 g/mol. The van der Waals surface area contributed by atoms with E-state index in [1.807, 2.05) is 13.0 Å². The summed E-state index contributed by atoms with van der Waals surface area (Å²) in [5.41, 5.74) is 1.82. The van der Waals surface area contributed by atoms with Gasteiger partial charge < -0.3 is 4.74 Å². The van der Waals surface area contributed by atoms with E-state index in [0.29, 0.717) is 24.0 Å². The third kappa shape index (κ3) is 2.68. The lowest BCUT2D eigenvalue weighted by Gasteiger charge is -2.57. The van der Waals surface area contributed by atoms with Crippen molar-refractivity contribution in [2.75, 3.05) is 0 Å². The van der Waals surface area contributed by atoms with E-state index >= 15 is 0 Å². The summed E-state index contributed by atoms with van der Waals surface area (Å²) >= 11 is 0. The lowest BCUT2D eigenvalue weighted by Crippen LogP contribution is -2.51. The molecule has 26 heavy (non-hydrogen) atoms. The van der Waals surface area contributed by atoms with Gasteiger partial charge in [0, 0.05) is 18.3 Å². The molecule has 0 heterocycles. The Hall–Kier alpha value is -1.12. The smallest absolute Gasteiger partial charge is 0.306 e. The first-order valence-electron chi connectivity index (χ1n) is 10.8. The number of hydrogen-bond acceptors (Lipinski definition) is 3. The Labute approximate surface area is 157 Å². The average molecular weight is 359 g/mol. The van der Waals surface area contributed by atoms with Crippen molar-refractivity contribution in [2.24, 2.45) is 28.6 Å². The maximum absolute atomic E-state index is 12.1. The van der Waals surface area contributed by atoms with E-state index < -0.39 is 0 Å². The summed E-state index contributed by atoms with van der Waals surface area (Å²) in [5.74, 6) is 2.45. The van der Waals surface area contributed by atoms with Gasteiger partial charge in [0.1, 0.15) is 6.10 Å². The topological polar surface area (TPSA) is 43.4 Å². The third-order valence-electron chi connectivity index (χ3n) is 8.60.